The lowest BCUT2D eigenvalue weighted by Gasteiger charge is -2.19. The molecule has 0 aliphatic rings. The fourth-order valence-electron chi connectivity index (χ4n) is 3.89. The molecule has 1 unspecified atom stereocenters. The zero-order valence-electron chi connectivity index (χ0n) is 16.8. The Kier molecular flexibility index (Phi) is 5.95. The zero-order valence-corrected chi connectivity index (χ0v) is 16.8. The molecule has 0 fully saturated rings. The minimum Gasteiger partial charge on any atom is -0.351 e. The Morgan fingerprint density at radius 1 is 0.875 bits per heavy atom. The van der Waals surface area contributed by atoms with Gasteiger partial charge in [-0.15, -0.1) is 0 Å². The molecule has 0 amide bonds. The highest BCUT2D eigenvalue weighted by Gasteiger charge is 2.19. The van der Waals surface area contributed by atoms with Gasteiger partial charge < -0.3 is 4.57 Å². The van der Waals surface area contributed by atoms with Crippen molar-refractivity contribution in [3.63, 3.8) is 0 Å². The third kappa shape index (κ3) is 3.76. The molecule has 2 aromatic rings. The van der Waals surface area contributed by atoms with Gasteiger partial charge in [-0.2, -0.15) is 5.10 Å². The number of aromatic nitrogens is 3. The van der Waals surface area contributed by atoms with Crippen LogP contribution in [0.4, 0.5) is 0 Å². The van der Waals surface area contributed by atoms with Crippen LogP contribution in [-0.4, -0.2) is 14.3 Å². The number of nitrogens with zero attached hydrogens (tertiary/aromatic N) is 3. The summed E-state index contributed by atoms with van der Waals surface area (Å²) in [4.78, 5) is 0. The predicted octanol–water partition coefficient (Wildman–Crippen LogP) is 5.79. The maximum Gasteiger partial charge on any atom is 0.0527 e. The Morgan fingerprint density at radius 2 is 1.50 bits per heavy atom. The largest absolute Gasteiger partial charge is 0.351 e. The Balaban J connectivity index is 2.17. The van der Waals surface area contributed by atoms with E-state index in [0.29, 0.717) is 23.7 Å². The second-order valence-corrected chi connectivity index (χ2v) is 8.11. The lowest BCUT2D eigenvalue weighted by molar-refractivity contribution is 0.543. The van der Waals surface area contributed by atoms with Crippen LogP contribution >= 0.6 is 0 Å². The fraction of sp³-hybridized carbons (Fsp3) is 0.667. The molecule has 3 heteroatoms. The van der Waals surface area contributed by atoms with Crippen molar-refractivity contribution in [3.8, 4) is 0 Å². The minimum absolute atomic E-state index is 0.514. The van der Waals surface area contributed by atoms with Gasteiger partial charge in [-0.1, -0.05) is 48.5 Å². The van der Waals surface area contributed by atoms with Crippen LogP contribution in [0, 0.1) is 0 Å². The first-order valence-corrected chi connectivity index (χ1v) is 9.44. The Bertz CT molecular complexity index is 659. The average Bonchev–Trinajstić information content (AvgIpc) is 3.08. The van der Waals surface area contributed by atoms with Gasteiger partial charge in [0.2, 0.25) is 0 Å². The molecule has 0 aliphatic carbocycles. The smallest absolute Gasteiger partial charge is 0.0527 e. The summed E-state index contributed by atoms with van der Waals surface area (Å²) in [7, 11) is 2.06. The summed E-state index contributed by atoms with van der Waals surface area (Å²) in [5.74, 6) is 2.20. The molecule has 0 saturated heterocycles. The predicted molar refractivity (Wildman–Crippen MR) is 103 cm³/mol. The molecule has 1 atom stereocenters. The standard InChI is InChI=1S/C21H35N3/c1-14(2)18-10-12-24(21(18)16(5)6)11-9-17(7)19-13-22-23(8)20(19)15(3)4/h10,12-17H,9,11H2,1-8H3. The highest BCUT2D eigenvalue weighted by Crippen LogP contribution is 2.31. The van der Waals surface area contributed by atoms with Gasteiger partial charge in [-0.25, -0.2) is 0 Å². The lowest BCUT2D eigenvalue weighted by Crippen LogP contribution is -2.10. The van der Waals surface area contributed by atoms with Crippen molar-refractivity contribution in [3.05, 3.63) is 41.0 Å². The van der Waals surface area contributed by atoms with E-state index in [9.17, 15) is 0 Å². The van der Waals surface area contributed by atoms with Crippen LogP contribution in [0.3, 0.4) is 0 Å². The summed E-state index contributed by atoms with van der Waals surface area (Å²) >= 11 is 0. The Morgan fingerprint density at radius 3 is 2.04 bits per heavy atom. The summed E-state index contributed by atoms with van der Waals surface area (Å²) in [5.41, 5.74) is 5.80. The highest BCUT2D eigenvalue weighted by molar-refractivity contribution is 5.29. The maximum atomic E-state index is 4.50. The van der Waals surface area contributed by atoms with E-state index in [1.54, 1.807) is 0 Å². The van der Waals surface area contributed by atoms with Crippen LogP contribution in [0.5, 0.6) is 0 Å². The summed E-state index contributed by atoms with van der Waals surface area (Å²) < 4.78 is 4.52. The van der Waals surface area contributed by atoms with Crippen molar-refractivity contribution in [2.75, 3.05) is 0 Å². The van der Waals surface area contributed by atoms with E-state index < -0.39 is 0 Å². The van der Waals surface area contributed by atoms with Gasteiger partial charge in [-0.05, 0) is 47.3 Å². The maximum absolute atomic E-state index is 4.50. The molecule has 2 heterocycles. The number of hydrogen-bond acceptors (Lipinski definition) is 1. The van der Waals surface area contributed by atoms with Crippen molar-refractivity contribution in [1.29, 1.82) is 0 Å². The van der Waals surface area contributed by atoms with E-state index >= 15 is 0 Å². The van der Waals surface area contributed by atoms with Crippen molar-refractivity contribution < 1.29 is 0 Å². The van der Waals surface area contributed by atoms with Crippen LogP contribution in [0.25, 0.3) is 0 Å². The van der Waals surface area contributed by atoms with E-state index in [2.05, 4.69) is 83.6 Å². The van der Waals surface area contributed by atoms with Gasteiger partial charge in [-0.3, -0.25) is 4.68 Å². The van der Waals surface area contributed by atoms with E-state index in [1.807, 2.05) is 4.68 Å². The van der Waals surface area contributed by atoms with E-state index in [4.69, 9.17) is 0 Å². The van der Waals surface area contributed by atoms with Crippen molar-refractivity contribution in [2.45, 2.75) is 85.1 Å². The van der Waals surface area contributed by atoms with Crippen LogP contribution < -0.4 is 0 Å². The Labute approximate surface area is 148 Å². The van der Waals surface area contributed by atoms with Crippen molar-refractivity contribution in [1.82, 2.24) is 14.3 Å². The van der Waals surface area contributed by atoms with Crippen molar-refractivity contribution in [2.24, 2.45) is 7.05 Å². The SMILES string of the molecule is CC(C)c1ccn(CCC(C)c2cnn(C)c2C(C)C)c1C(C)C. The summed E-state index contributed by atoms with van der Waals surface area (Å²) in [5, 5.41) is 4.50. The van der Waals surface area contributed by atoms with Gasteiger partial charge >= 0.3 is 0 Å². The second-order valence-electron chi connectivity index (χ2n) is 8.11. The van der Waals surface area contributed by atoms with Crippen LogP contribution in [0.15, 0.2) is 18.5 Å². The van der Waals surface area contributed by atoms with Gasteiger partial charge in [0, 0.05) is 31.2 Å². The monoisotopic (exact) mass is 329 g/mol. The van der Waals surface area contributed by atoms with Gasteiger partial charge in [0.1, 0.15) is 0 Å². The topological polar surface area (TPSA) is 22.8 Å². The first-order valence-electron chi connectivity index (χ1n) is 9.44. The normalized spacial score (nSPS) is 13.5. The third-order valence-electron chi connectivity index (χ3n) is 5.10. The zero-order chi connectivity index (χ0) is 18.0. The fourth-order valence-corrected chi connectivity index (χ4v) is 3.89. The van der Waals surface area contributed by atoms with Gasteiger partial charge in [0.25, 0.3) is 0 Å². The van der Waals surface area contributed by atoms with E-state index in [1.165, 1.54) is 22.5 Å². The number of aryl methyl sites for hydroxylation is 2. The first-order chi connectivity index (χ1) is 11.2. The Hall–Kier alpha value is -1.51. The summed E-state index contributed by atoms with van der Waals surface area (Å²) in [6, 6.07) is 2.31. The molecule has 2 rings (SSSR count). The molecule has 0 spiro atoms. The molecular formula is C21H35N3. The molecule has 2 aromatic heterocycles. The van der Waals surface area contributed by atoms with Crippen LogP contribution in [-0.2, 0) is 13.6 Å². The minimum atomic E-state index is 0.514. The van der Waals surface area contributed by atoms with Gasteiger partial charge in [0.05, 0.1) is 6.20 Å². The second kappa shape index (κ2) is 7.58. The van der Waals surface area contributed by atoms with Gasteiger partial charge in [0.15, 0.2) is 0 Å². The third-order valence-corrected chi connectivity index (χ3v) is 5.10. The quantitative estimate of drug-likeness (QED) is 0.631. The molecule has 0 bridgehead atoms. The molecule has 134 valence electrons. The van der Waals surface area contributed by atoms with Crippen molar-refractivity contribution >= 4 is 0 Å². The molecule has 0 aliphatic heterocycles. The summed E-state index contributed by atoms with van der Waals surface area (Å²) in [6.45, 7) is 17.1. The highest BCUT2D eigenvalue weighted by atomic mass is 15.3. The van der Waals surface area contributed by atoms with Crippen LogP contribution in [0.1, 0.15) is 101 Å². The number of hydrogen-bond donors (Lipinski definition) is 0. The molecule has 0 radical (unpaired) electrons. The number of rotatable bonds is 7. The average molecular weight is 330 g/mol. The molecule has 0 saturated carbocycles. The molecular weight excluding hydrogens is 294 g/mol. The molecule has 0 N–H and O–H groups in total. The summed E-state index contributed by atoms with van der Waals surface area (Å²) in [6.07, 6.45) is 5.50. The lowest BCUT2D eigenvalue weighted by atomic mass is 9.93. The molecule has 3 nitrogen and oxygen atoms in total. The van der Waals surface area contributed by atoms with Crippen LogP contribution in [0.2, 0.25) is 0 Å². The van der Waals surface area contributed by atoms with E-state index in [0.717, 1.165) is 13.0 Å². The molecule has 24 heavy (non-hydrogen) atoms. The molecule has 0 aromatic carbocycles. The van der Waals surface area contributed by atoms with E-state index in [-0.39, 0.29) is 0 Å². The first kappa shape index (κ1) is 18.8.